The summed E-state index contributed by atoms with van der Waals surface area (Å²) in [5, 5.41) is 11.5. The molecule has 0 spiro atoms. The number of carboxylic acid groups (broad SMARTS) is 1. The fourth-order valence-corrected chi connectivity index (χ4v) is 3.67. The molecule has 0 aliphatic rings. The fraction of sp³-hybridized carbons (Fsp3) is 0.250. The Hall–Kier alpha value is -1.86. The quantitative estimate of drug-likeness (QED) is 0.769. The van der Waals surface area contributed by atoms with Crippen molar-refractivity contribution in [1.29, 1.82) is 0 Å². The Balaban J connectivity index is 2.08. The van der Waals surface area contributed by atoms with Crippen LogP contribution in [0.1, 0.15) is 26.5 Å². The van der Waals surface area contributed by atoms with Gasteiger partial charge in [0.15, 0.2) is 5.75 Å². The van der Waals surface area contributed by atoms with Gasteiger partial charge in [-0.05, 0) is 47.0 Å². The Labute approximate surface area is 146 Å². The van der Waals surface area contributed by atoms with Crippen molar-refractivity contribution in [2.45, 2.75) is 19.8 Å². The van der Waals surface area contributed by atoms with Gasteiger partial charge in [0.1, 0.15) is 4.88 Å². The zero-order chi connectivity index (χ0) is 17.0. The summed E-state index contributed by atoms with van der Waals surface area (Å²) in [6.07, 6.45) is 0.555. The minimum absolute atomic E-state index is 0.0887. The van der Waals surface area contributed by atoms with Crippen LogP contribution in [0.5, 0.6) is 5.75 Å². The van der Waals surface area contributed by atoms with Gasteiger partial charge < -0.3 is 15.2 Å². The van der Waals surface area contributed by atoms with Gasteiger partial charge in [-0.25, -0.2) is 0 Å². The number of nitrogens with one attached hydrogen (secondary N) is 1. The highest BCUT2D eigenvalue weighted by Crippen LogP contribution is 2.39. The van der Waals surface area contributed by atoms with Crippen LogP contribution in [0.3, 0.4) is 0 Å². The van der Waals surface area contributed by atoms with Crippen molar-refractivity contribution >= 4 is 44.8 Å². The zero-order valence-corrected chi connectivity index (χ0v) is 15.1. The standard InChI is InChI=1S/C16H16BrNO4S/c1-9-13(17)14(22-2)15(23-9)16(21)18-11-6-3-10(4-7-11)5-8-12(19)20/h3-4,6-7H,5,8H2,1-2H3,(H,18,21)(H,19,20). The molecule has 7 heteroatoms. The van der Waals surface area contributed by atoms with Crippen molar-refractivity contribution < 1.29 is 19.4 Å². The lowest BCUT2D eigenvalue weighted by Crippen LogP contribution is -2.11. The van der Waals surface area contributed by atoms with Crippen molar-refractivity contribution in [3.8, 4) is 5.75 Å². The molecule has 0 bridgehead atoms. The number of carbonyl (C=O) groups excluding carboxylic acids is 1. The summed E-state index contributed by atoms with van der Waals surface area (Å²) in [5.41, 5.74) is 1.57. The molecule has 122 valence electrons. The number of ether oxygens (including phenoxy) is 1. The van der Waals surface area contributed by atoms with E-state index in [1.54, 1.807) is 12.1 Å². The van der Waals surface area contributed by atoms with Crippen LogP contribution in [0.25, 0.3) is 0 Å². The molecule has 2 rings (SSSR count). The number of hydrogen-bond donors (Lipinski definition) is 2. The van der Waals surface area contributed by atoms with Gasteiger partial charge in [0.2, 0.25) is 0 Å². The number of halogens is 1. The van der Waals surface area contributed by atoms with E-state index >= 15 is 0 Å². The molecule has 23 heavy (non-hydrogen) atoms. The van der Waals surface area contributed by atoms with E-state index in [1.807, 2.05) is 19.1 Å². The van der Waals surface area contributed by atoms with Crippen LogP contribution in [0.15, 0.2) is 28.7 Å². The SMILES string of the molecule is COc1c(C(=O)Nc2ccc(CCC(=O)O)cc2)sc(C)c1Br. The molecule has 1 aromatic carbocycles. The first-order valence-electron chi connectivity index (χ1n) is 6.87. The van der Waals surface area contributed by atoms with Crippen molar-refractivity contribution in [1.82, 2.24) is 0 Å². The lowest BCUT2D eigenvalue weighted by molar-refractivity contribution is -0.136. The van der Waals surface area contributed by atoms with E-state index in [0.717, 1.165) is 14.9 Å². The highest BCUT2D eigenvalue weighted by atomic mass is 79.9. The third-order valence-electron chi connectivity index (χ3n) is 3.22. The van der Waals surface area contributed by atoms with Crippen LogP contribution >= 0.6 is 27.3 Å². The monoisotopic (exact) mass is 397 g/mol. The second-order valence-electron chi connectivity index (χ2n) is 4.88. The topological polar surface area (TPSA) is 75.6 Å². The van der Waals surface area contributed by atoms with Crippen LogP contribution in [0.4, 0.5) is 5.69 Å². The molecular weight excluding hydrogens is 382 g/mol. The fourth-order valence-electron chi connectivity index (χ4n) is 2.03. The molecule has 0 aliphatic carbocycles. The van der Waals surface area contributed by atoms with Gasteiger partial charge in [0, 0.05) is 17.0 Å². The second kappa shape index (κ2) is 7.61. The van der Waals surface area contributed by atoms with E-state index in [1.165, 1.54) is 18.4 Å². The van der Waals surface area contributed by atoms with Crippen molar-refractivity contribution in [2.24, 2.45) is 0 Å². The number of thiophene rings is 1. The molecule has 2 aromatic rings. The number of aryl methyl sites for hydroxylation is 2. The predicted molar refractivity (Wildman–Crippen MR) is 93.7 cm³/mol. The van der Waals surface area contributed by atoms with E-state index in [4.69, 9.17) is 9.84 Å². The predicted octanol–water partition coefficient (Wildman–Crippen LogP) is 4.10. The van der Waals surface area contributed by atoms with Gasteiger partial charge in [0.25, 0.3) is 5.91 Å². The van der Waals surface area contributed by atoms with E-state index < -0.39 is 5.97 Å². The van der Waals surface area contributed by atoms with Crippen LogP contribution in [-0.4, -0.2) is 24.1 Å². The molecule has 5 nitrogen and oxygen atoms in total. The van der Waals surface area contributed by atoms with Gasteiger partial charge in [0.05, 0.1) is 11.6 Å². The smallest absolute Gasteiger partial charge is 0.303 e. The maximum Gasteiger partial charge on any atom is 0.303 e. The van der Waals surface area contributed by atoms with Gasteiger partial charge in [-0.1, -0.05) is 12.1 Å². The first kappa shape index (κ1) is 17.5. The van der Waals surface area contributed by atoms with Crippen LogP contribution in [0, 0.1) is 6.92 Å². The molecule has 1 heterocycles. The zero-order valence-electron chi connectivity index (χ0n) is 12.7. The third kappa shape index (κ3) is 4.33. The highest BCUT2D eigenvalue weighted by molar-refractivity contribution is 9.10. The summed E-state index contributed by atoms with van der Waals surface area (Å²) in [6.45, 7) is 1.91. The van der Waals surface area contributed by atoms with Crippen molar-refractivity contribution in [2.75, 3.05) is 12.4 Å². The number of aliphatic carboxylic acids is 1. The van der Waals surface area contributed by atoms with Gasteiger partial charge >= 0.3 is 5.97 Å². The largest absolute Gasteiger partial charge is 0.494 e. The summed E-state index contributed by atoms with van der Waals surface area (Å²) in [7, 11) is 1.53. The van der Waals surface area contributed by atoms with E-state index in [-0.39, 0.29) is 12.3 Å². The lowest BCUT2D eigenvalue weighted by Gasteiger charge is -2.07. The van der Waals surface area contributed by atoms with E-state index in [2.05, 4.69) is 21.2 Å². The number of carboxylic acids is 1. The van der Waals surface area contributed by atoms with E-state index in [9.17, 15) is 9.59 Å². The third-order valence-corrected chi connectivity index (χ3v) is 5.52. The summed E-state index contributed by atoms with van der Waals surface area (Å²) in [5.74, 6) is -0.532. The molecule has 1 aromatic heterocycles. The Morgan fingerprint density at radius 3 is 2.52 bits per heavy atom. The Morgan fingerprint density at radius 2 is 1.96 bits per heavy atom. The van der Waals surface area contributed by atoms with Gasteiger partial charge in [-0.15, -0.1) is 11.3 Å². The number of rotatable bonds is 6. The van der Waals surface area contributed by atoms with Crippen LogP contribution < -0.4 is 10.1 Å². The minimum Gasteiger partial charge on any atom is -0.494 e. The molecule has 0 saturated carbocycles. The molecular formula is C16H16BrNO4S. The number of carbonyl (C=O) groups is 2. The van der Waals surface area contributed by atoms with E-state index in [0.29, 0.717) is 22.7 Å². The summed E-state index contributed by atoms with van der Waals surface area (Å²) >= 11 is 4.77. The lowest BCUT2D eigenvalue weighted by atomic mass is 10.1. The Kier molecular flexibility index (Phi) is 5.79. The minimum atomic E-state index is -0.826. The Bertz CT molecular complexity index is 724. The second-order valence-corrected chi connectivity index (χ2v) is 6.90. The highest BCUT2D eigenvalue weighted by Gasteiger charge is 2.20. The van der Waals surface area contributed by atoms with Gasteiger partial charge in [-0.2, -0.15) is 0 Å². The normalized spacial score (nSPS) is 10.4. The first-order chi connectivity index (χ1) is 10.9. The van der Waals surface area contributed by atoms with Crippen LogP contribution in [-0.2, 0) is 11.2 Å². The van der Waals surface area contributed by atoms with Crippen molar-refractivity contribution in [3.63, 3.8) is 0 Å². The molecule has 1 amide bonds. The molecule has 0 radical (unpaired) electrons. The first-order valence-corrected chi connectivity index (χ1v) is 8.48. The number of amides is 1. The summed E-state index contributed by atoms with van der Waals surface area (Å²) in [4.78, 5) is 24.4. The molecule has 0 aliphatic heterocycles. The molecule has 0 saturated heterocycles. The summed E-state index contributed by atoms with van der Waals surface area (Å²) < 4.78 is 6.07. The molecule has 2 N–H and O–H groups in total. The maximum absolute atomic E-state index is 12.4. The molecule has 0 fully saturated rings. The number of benzene rings is 1. The van der Waals surface area contributed by atoms with Crippen molar-refractivity contribution in [3.05, 3.63) is 44.1 Å². The molecule has 0 atom stereocenters. The average Bonchev–Trinajstić information content (AvgIpc) is 2.81. The molecule has 0 unspecified atom stereocenters. The van der Waals surface area contributed by atoms with Crippen LogP contribution in [0.2, 0.25) is 0 Å². The number of methoxy groups -OCH3 is 1. The number of hydrogen-bond acceptors (Lipinski definition) is 4. The Morgan fingerprint density at radius 1 is 1.30 bits per heavy atom. The summed E-state index contributed by atoms with van der Waals surface area (Å²) in [6, 6.07) is 7.14. The average molecular weight is 398 g/mol. The number of anilines is 1. The maximum atomic E-state index is 12.4. The van der Waals surface area contributed by atoms with Gasteiger partial charge in [-0.3, -0.25) is 9.59 Å².